The average Bonchev–Trinajstić information content (AvgIpc) is 3.18. The monoisotopic (exact) mass is 580 g/mol. The molecular weight excluding hydrogens is 548 g/mol. The number of carbonyl (C=O) groups excluding carboxylic acids is 1. The molecule has 0 bridgehead atoms. The van der Waals surface area contributed by atoms with Gasteiger partial charge in [-0.25, -0.2) is 0 Å². The van der Waals surface area contributed by atoms with E-state index in [0.29, 0.717) is 36.2 Å². The first-order valence-corrected chi connectivity index (χ1v) is 14.6. The summed E-state index contributed by atoms with van der Waals surface area (Å²) >= 11 is 6.04. The van der Waals surface area contributed by atoms with Crippen LogP contribution in [0.5, 0.6) is 17.2 Å². The SMILES string of the molecule is CCOc1cc([C@@H]2Nc3ccccc3NC3=C2C(=O)C[C@@H](c2ccc(OC)cc2)C3)ccc1OCc1ccc(Cl)cc1. The lowest BCUT2D eigenvalue weighted by Crippen LogP contribution is -2.27. The lowest BCUT2D eigenvalue weighted by atomic mass is 9.78. The number of methoxy groups -OCH3 is 1. The van der Waals surface area contributed by atoms with Crippen molar-refractivity contribution in [1.82, 2.24) is 0 Å². The Balaban J connectivity index is 1.35. The van der Waals surface area contributed by atoms with Gasteiger partial charge in [0.2, 0.25) is 0 Å². The molecule has 0 fully saturated rings. The number of fused-ring (bicyclic) bond motifs is 1. The zero-order chi connectivity index (χ0) is 29.1. The van der Waals surface area contributed by atoms with Gasteiger partial charge in [-0.3, -0.25) is 4.79 Å². The molecule has 2 atom stereocenters. The maximum Gasteiger partial charge on any atom is 0.163 e. The molecule has 0 unspecified atom stereocenters. The molecule has 42 heavy (non-hydrogen) atoms. The van der Waals surface area contributed by atoms with Crippen molar-refractivity contribution in [2.45, 2.75) is 38.3 Å². The van der Waals surface area contributed by atoms with E-state index in [0.717, 1.165) is 51.5 Å². The van der Waals surface area contributed by atoms with Gasteiger partial charge in [0.15, 0.2) is 17.3 Å². The number of nitrogens with one attached hydrogen (secondary N) is 2. The van der Waals surface area contributed by atoms with E-state index in [1.165, 1.54) is 0 Å². The molecule has 1 heterocycles. The van der Waals surface area contributed by atoms with Gasteiger partial charge in [-0.05, 0) is 84.5 Å². The zero-order valence-corrected chi connectivity index (χ0v) is 24.4. The number of benzene rings is 4. The fraction of sp³-hybridized carbons (Fsp3) is 0.229. The van der Waals surface area contributed by atoms with Crippen LogP contribution < -0.4 is 24.8 Å². The van der Waals surface area contributed by atoms with Crippen molar-refractivity contribution in [3.05, 3.63) is 124 Å². The van der Waals surface area contributed by atoms with Crippen LogP contribution in [0.2, 0.25) is 5.02 Å². The summed E-state index contributed by atoms with van der Waals surface area (Å²) in [5.74, 6) is 2.28. The summed E-state index contributed by atoms with van der Waals surface area (Å²) in [7, 11) is 1.66. The highest BCUT2D eigenvalue weighted by atomic mass is 35.5. The van der Waals surface area contributed by atoms with E-state index in [4.69, 9.17) is 25.8 Å². The molecule has 7 heteroatoms. The van der Waals surface area contributed by atoms with Crippen LogP contribution in [-0.4, -0.2) is 19.5 Å². The van der Waals surface area contributed by atoms with Gasteiger partial charge in [-0.2, -0.15) is 0 Å². The molecule has 2 aliphatic rings. The molecule has 1 aliphatic carbocycles. The Morgan fingerprint density at radius 1 is 0.833 bits per heavy atom. The predicted molar refractivity (Wildman–Crippen MR) is 167 cm³/mol. The van der Waals surface area contributed by atoms with E-state index in [1.807, 2.05) is 85.8 Å². The molecule has 2 N–H and O–H groups in total. The van der Waals surface area contributed by atoms with Crippen molar-refractivity contribution in [2.24, 2.45) is 0 Å². The number of ether oxygens (including phenoxy) is 3. The quantitative estimate of drug-likeness (QED) is 0.218. The van der Waals surface area contributed by atoms with Crippen LogP contribution in [0.3, 0.4) is 0 Å². The molecule has 0 aromatic heterocycles. The third-order valence-corrected chi connectivity index (χ3v) is 8.06. The van der Waals surface area contributed by atoms with E-state index in [2.05, 4.69) is 22.8 Å². The molecule has 0 spiro atoms. The first-order valence-electron chi connectivity index (χ1n) is 14.2. The minimum atomic E-state index is -0.356. The first kappa shape index (κ1) is 27.7. The van der Waals surface area contributed by atoms with E-state index in [1.54, 1.807) is 7.11 Å². The number of para-hydroxylation sites is 2. The molecular formula is C35H33ClN2O4. The smallest absolute Gasteiger partial charge is 0.163 e. The minimum absolute atomic E-state index is 0.0724. The van der Waals surface area contributed by atoms with Crippen LogP contribution in [0.25, 0.3) is 0 Å². The molecule has 6 rings (SSSR count). The molecule has 1 aliphatic heterocycles. The summed E-state index contributed by atoms with van der Waals surface area (Å²) in [5.41, 5.74) is 6.65. The van der Waals surface area contributed by atoms with Gasteiger partial charge in [-0.1, -0.05) is 54.1 Å². The number of Topliss-reactive ketones (excluding diaryl/α,β-unsaturated/α-hetero) is 1. The second-order valence-electron chi connectivity index (χ2n) is 10.5. The van der Waals surface area contributed by atoms with E-state index in [9.17, 15) is 4.79 Å². The maximum absolute atomic E-state index is 14.0. The molecule has 0 amide bonds. The number of hydrogen-bond donors (Lipinski definition) is 2. The lowest BCUT2D eigenvalue weighted by Gasteiger charge is -2.30. The second-order valence-corrected chi connectivity index (χ2v) is 10.9. The second kappa shape index (κ2) is 12.2. The van der Waals surface area contributed by atoms with Gasteiger partial charge in [0.05, 0.1) is 31.1 Å². The van der Waals surface area contributed by atoms with Gasteiger partial charge in [0.1, 0.15) is 12.4 Å². The Morgan fingerprint density at radius 2 is 1.57 bits per heavy atom. The van der Waals surface area contributed by atoms with Crippen molar-refractivity contribution >= 4 is 28.8 Å². The van der Waals surface area contributed by atoms with Crippen LogP contribution >= 0.6 is 11.6 Å². The maximum atomic E-state index is 14.0. The standard InChI is InChI=1S/C35H33ClN2O4/c1-3-41-33-20-24(12-17-32(33)42-21-22-8-13-26(36)14-9-22)35-34-30(37-28-6-4-5-7-29(28)38-35)18-25(19-31(34)39)23-10-15-27(40-2)16-11-23/h4-17,20,25,35,37-38H,3,18-19,21H2,1-2H3/t25-,35-/m0/s1. The zero-order valence-electron chi connectivity index (χ0n) is 23.7. The topological polar surface area (TPSA) is 68.8 Å². The molecule has 0 saturated heterocycles. The number of anilines is 2. The third-order valence-electron chi connectivity index (χ3n) is 7.80. The highest BCUT2D eigenvalue weighted by Crippen LogP contribution is 2.45. The molecule has 4 aromatic carbocycles. The van der Waals surface area contributed by atoms with Gasteiger partial charge in [0.25, 0.3) is 0 Å². The van der Waals surface area contributed by atoms with Gasteiger partial charge in [-0.15, -0.1) is 0 Å². The number of ketones is 1. The number of allylic oxidation sites excluding steroid dienone is 1. The fourth-order valence-corrected chi connectivity index (χ4v) is 5.81. The summed E-state index contributed by atoms with van der Waals surface area (Å²) in [5, 5.41) is 7.96. The molecule has 0 radical (unpaired) electrons. The van der Waals surface area contributed by atoms with Crippen LogP contribution in [0.4, 0.5) is 11.4 Å². The van der Waals surface area contributed by atoms with E-state index >= 15 is 0 Å². The summed E-state index contributed by atoms with van der Waals surface area (Å²) in [4.78, 5) is 14.0. The van der Waals surface area contributed by atoms with Crippen LogP contribution in [0, 0.1) is 0 Å². The van der Waals surface area contributed by atoms with E-state index in [-0.39, 0.29) is 17.7 Å². The van der Waals surface area contributed by atoms with Crippen LogP contribution in [-0.2, 0) is 11.4 Å². The van der Waals surface area contributed by atoms with Crippen LogP contribution in [0.1, 0.15) is 48.4 Å². The molecule has 4 aromatic rings. The first-order chi connectivity index (χ1) is 20.5. The summed E-state index contributed by atoms with van der Waals surface area (Å²) in [6.07, 6.45) is 1.16. The number of carbonyl (C=O) groups is 1. The van der Waals surface area contributed by atoms with Crippen molar-refractivity contribution in [2.75, 3.05) is 24.4 Å². The Kier molecular flexibility index (Phi) is 8.06. The van der Waals surface area contributed by atoms with Crippen molar-refractivity contribution < 1.29 is 19.0 Å². The largest absolute Gasteiger partial charge is 0.497 e. The number of halogens is 1. The average molecular weight is 581 g/mol. The van der Waals surface area contributed by atoms with E-state index < -0.39 is 0 Å². The molecule has 214 valence electrons. The summed E-state index contributed by atoms with van der Waals surface area (Å²) in [6, 6.07) is 29.2. The summed E-state index contributed by atoms with van der Waals surface area (Å²) in [6.45, 7) is 2.82. The Morgan fingerprint density at radius 3 is 2.31 bits per heavy atom. The third kappa shape index (κ3) is 5.81. The number of hydrogen-bond acceptors (Lipinski definition) is 6. The van der Waals surface area contributed by atoms with Crippen molar-refractivity contribution in [3.63, 3.8) is 0 Å². The Bertz CT molecular complexity index is 1620. The fourth-order valence-electron chi connectivity index (χ4n) is 5.69. The van der Waals surface area contributed by atoms with Crippen molar-refractivity contribution in [1.29, 1.82) is 0 Å². The lowest BCUT2D eigenvalue weighted by molar-refractivity contribution is -0.116. The highest BCUT2D eigenvalue weighted by Gasteiger charge is 2.36. The predicted octanol–water partition coefficient (Wildman–Crippen LogP) is 8.31. The minimum Gasteiger partial charge on any atom is -0.497 e. The number of rotatable bonds is 8. The Hall–Kier alpha value is -4.42. The summed E-state index contributed by atoms with van der Waals surface area (Å²) < 4.78 is 17.5. The van der Waals surface area contributed by atoms with Crippen LogP contribution in [0.15, 0.2) is 102 Å². The normalized spacial score (nSPS) is 17.7. The Labute approximate surface area is 251 Å². The van der Waals surface area contributed by atoms with Gasteiger partial charge in [0, 0.05) is 22.7 Å². The van der Waals surface area contributed by atoms with Crippen molar-refractivity contribution in [3.8, 4) is 17.2 Å². The molecule has 6 nitrogen and oxygen atoms in total. The molecule has 0 saturated carbocycles. The van der Waals surface area contributed by atoms with Gasteiger partial charge < -0.3 is 24.8 Å². The van der Waals surface area contributed by atoms with Gasteiger partial charge >= 0.3 is 0 Å². The highest BCUT2D eigenvalue weighted by molar-refractivity contribution is 6.30.